The molecule has 0 N–H and O–H groups in total. The van der Waals surface area contributed by atoms with Gasteiger partial charge in [-0.05, 0) is 133 Å². The maximum absolute atomic E-state index is 15.4. The Hall–Kier alpha value is -7.62. The Balaban J connectivity index is 1.16. The van der Waals surface area contributed by atoms with Crippen LogP contribution in [-0.4, -0.2) is 15.2 Å². The molecule has 8 aromatic carbocycles. The van der Waals surface area contributed by atoms with Crippen molar-refractivity contribution in [1.29, 1.82) is 0 Å². The quantitative estimate of drug-likeness (QED) is 0.177. The van der Waals surface area contributed by atoms with Crippen LogP contribution >= 0.6 is 0 Å². The van der Waals surface area contributed by atoms with Crippen molar-refractivity contribution in [2.75, 3.05) is 0 Å². The van der Waals surface area contributed by atoms with Crippen LogP contribution in [0.5, 0.6) is 0 Å². The summed E-state index contributed by atoms with van der Waals surface area (Å²) in [6.07, 6.45) is 4.31. The number of Topliss-reactive ketones (excluding diaryl/α,β-unsaturated/α-hetero) is 1. The Morgan fingerprint density at radius 2 is 0.985 bits per heavy atom. The predicted molar refractivity (Wildman–Crippen MR) is 276 cm³/mol. The molecule has 0 spiro atoms. The molecule has 0 unspecified atom stereocenters. The first kappa shape index (κ1) is 38.6. The lowest BCUT2D eigenvalue weighted by molar-refractivity contribution is 0.0974. The van der Waals surface area contributed by atoms with E-state index in [0.29, 0.717) is 0 Å². The summed E-state index contributed by atoms with van der Waals surface area (Å²) in [4.78, 5) is 20.8. The Kier molecular flexibility index (Phi) is 7.91. The van der Waals surface area contributed by atoms with Gasteiger partial charge in [0.2, 0.25) is 0 Å². The van der Waals surface area contributed by atoms with Gasteiger partial charge in [0.1, 0.15) is 0 Å². The number of aromatic nitrogens is 2. The molecular formula is C64H48N2O. The van der Waals surface area contributed by atoms with Crippen LogP contribution in [-0.2, 0) is 10.8 Å². The number of carbonyl (C=O) groups excluding carboxylic acids is 1. The van der Waals surface area contributed by atoms with Crippen LogP contribution < -0.4 is 0 Å². The molecule has 0 fully saturated rings. The molecular weight excluding hydrogens is 813 g/mol. The van der Waals surface area contributed by atoms with Gasteiger partial charge >= 0.3 is 0 Å². The third-order valence-electron chi connectivity index (χ3n) is 16.1. The van der Waals surface area contributed by atoms with Gasteiger partial charge in [-0.15, -0.1) is 0 Å². The van der Waals surface area contributed by atoms with Gasteiger partial charge in [-0.3, -0.25) is 9.78 Å². The normalized spacial score (nSPS) is 17.7. The van der Waals surface area contributed by atoms with Gasteiger partial charge in [0, 0.05) is 38.4 Å². The molecule has 3 aromatic heterocycles. The van der Waals surface area contributed by atoms with Gasteiger partial charge in [-0.25, -0.2) is 0 Å². The topological polar surface area (TPSA) is 34.4 Å². The first-order valence-electron chi connectivity index (χ1n) is 23.9. The van der Waals surface area contributed by atoms with E-state index in [1.54, 1.807) is 0 Å². The third-order valence-corrected chi connectivity index (χ3v) is 16.1. The van der Waals surface area contributed by atoms with Crippen molar-refractivity contribution < 1.29 is 4.79 Å². The molecule has 11 aromatic rings. The highest BCUT2D eigenvalue weighted by Crippen LogP contribution is 2.56. The second kappa shape index (κ2) is 13.7. The molecule has 0 radical (unpaired) electrons. The van der Waals surface area contributed by atoms with E-state index < -0.39 is 0 Å². The van der Waals surface area contributed by atoms with Crippen molar-refractivity contribution in [2.24, 2.45) is 0 Å². The van der Waals surface area contributed by atoms with Crippen LogP contribution in [0, 0.1) is 0 Å². The fourth-order valence-electron chi connectivity index (χ4n) is 12.9. The zero-order chi connectivity index (χ0) is 44.9. The fourth-order valence-corrected chi connectivity index (χ4v) is 12.9. The number of hydrogen-bond donors (Lipinski definition) is 0. The molecule has 2 bridgehead atoms. The lowest BCUT2D eigenvalue weighted by atomic mass is 9.64. The van der Waals surface area contributed by atoms with Gasteiger partial charge in [0.15, 0.2) is 5.78 Å². The van der Waals surface area contributed by atoms with E-state index >= 15 is 4.79 Å². The highest BCUT2D eigenvalue weighted by atomic mass is 16.1. The lowest BCUT2D eigenvalue weighted by Gasteiger charge is -2.41. The molecule has 4 aliphatic rings. The Morgan fingerprint density at radius 3 is 1.58 bits per heavy atom. The number of pyridine rings is 1. The first-order valence-corrected chi connectivity index (χ1v) is 23.9. The highest BCUT2D eigenvalue weighted by molar-refractivity contribution is 6.26. The summed E-state index contributed by atoms with van der Waals surface area (Å²) in [5, 5.41) is 4.89. The van der Waals surface area contributed by atoms with E-state index in [1.807, 2.05) is 0 Å². The van der Waals surface area contributed by atoms with E-state index in [9.17, 15) is 0 Å². The zero-order valence-corrected chi connectivity index (χ0v) is 38.2. The highest BCUT2D eigenvalue weighted by Gasteiger charge is 2.44. The van der Waals surface area contributed by atoms with Crippen molar-refractivity contribution in [2.45, 2.75) is 63.2 Å². The van der Waals surface area contributed by atoms with Crippen LogP contribution in [0.4, 0.5) is 0 Å². The van der Waals surface area contributed by atoms with Crippen LogP contribution in [0.15, 0.2) is 182 Å². The summed E-state index contributed by atoms with van der Waals surface area (Å²) in [6.45, 7) is 9.58. The Labute approximate surface area is 390 Å². The SMILES string of the molecule is CC1(C)CCC(C)(C)c2c1ncc1c2c2cc(-c3c(-c4ccccc4)cc(-c4ccccc4)cc3-c3ccccc3)cc3c4cc5c(cc4n1c32)C(=O)C1c2ccccc2C5c2ccccc21. The summed E-state index contributed by atoms with van der Waals surface area (Å²) < 4.78 is 2.47. The Morgan fingerprint density at radius 1 is 0.463 bits per heavy atom. The molecule has 3 heterocycles. The number of ketones is 1. The molecule has 3 heteroatoms. The second-order valence-electron chi connectivity index (χ2n) is 20.8. The molecule has 320 valence electrons. The Bertz CT molecular complexity index is 3770. The maximum atomic E-state index is 15.4. The standard InChI is InChI=1S/C64H48N2O/c1-63(2)28-29-64(3,4)62-59(63)58-52-33-41(55-46(38-20-10-6-11-21-38)30-40(37-18-8-5-9-19-37)31-47(55)39-22-12-7-13-23-39)32-50-48-34-49-51(35-53(48)66(60(50)52)54(58)36-65-62)61(67)57-44-26-16-14-24-42(44)56(49)43-25-15-17-27-45(43)57/h5-27,30-36,56-57H,28-29H2,1-4H3. The molecule has 4 aliphatic carbocycles. The van der Waals surface area contributed by atoms with E-state index in [0.717, 1.165) is 51.5 Å². The number of carbonyl (C=O) groups is 1. The minimum absolute atomic E-state index is 0.0533. The summed E-state index contributed by atoms with van der Waals surface area (Å²) in [5.41, 5.74) is 21.9. The number of nitrogens with zero attached hydrogens (tertiary/aromatic N) is 2. The van der Waals surface area contributed by atoms with Crippen molar-refractivity contribution in [1.82, 2.24) is 9.38 Å². The van der Waals surface area contributed by atoms with Crippen molar-refractivity contribution >= 4 is 43.9 Å². The minimum Gasteiger partial charge on any atom is -0.306 e. The van der Waals surface area contributed by atoms with Crippen LogP contribution in [0.1, 0.15) is 102 Å². The average Bonchev–Trinajstić information content (AvgIpc) is 3.81. The third kappa shape index (κ3) is 5.34. The van der Waals surface area contributed by atoms with Crippen LogP contribution in [0.25, 0.3) is 82.6 Å². The monoisotopic (exact) mass is 860 g/mol. The van der Waals surface area contributed by atoms with Crippen LogP contribution in [0.2, 0.25) is 0 Å². The molecule has 0 aliphatic heterocycles. The molecule has 15 rings (SSSR count). The molecule has 0 atom stereocenters. The lowest BCUT2D eigenvalue weighted by Crippen LogP contribution is -2.35. The van der Waals surface area contributed by atoms with Gasteiger partial charge in [-0.1, -0.05) is 167 Å². The van der Waals surface area contributed by atoms with Gasteiger partial charge < -0.3 is 4.40 Å². The van der Waals surface area contributed by atoms with Crippen LogP contribution in [0.3, 0.4) is 0 Å². The van der Waals surface area contributed by atoms with Crippen molar-refractivity contribution in [3.05, 3.63) is 227 Å². The average molecular weight is 861 g/mol. The number of hydrogen-bond acceptors (Lipinski definition) is 2. The molecule has 0 amide bonds. The molecule has 0 saturated carbocycles. The molecule has 0 saturated heterocycles. The van der Waals surface area contributed by atoms with E-state index in [1.165, 1.54) is 88.6 Å². The zero-order valence-electron chi connectivity index (χ0n) is 38.2. The fraction of sp³-hybridized carbons (Fsp3) is 0.156. The number of fused-ring (bicyclic) bond motifs is 8. The first-order chi connectivity index (χ1) is 32.7. The number of rotatable bonds is 4. The molecule has 67 heavy (non-hydrogen) atoms. The van der Waals surface area contributed by atoms with Gasteiger partial charge in [0.05, 0.1) is 34.4 Å². The predicted octanol–water partition coefficient (Wildman–Crippen LogP) is 16.1. The number of benzene rings is 8. The maximum Gasteiger partial charge on any atom is 0.175 e. The minimum atomic E-state index is -0.344. The van der Waals surface area contributed by atoms with Crippen molar-refractivity contribution in [3.8, 4) is 44.5 Å². The van der Waals surface area contributed by atoms with Gasteiger partial charge in [-0.2, -0.15) is 0 Å². The second-order valence-corrected chi connectivity index (χ2v) is 20.8. The van der Waals surface area contributed by atoms with Crippen molar-refractivity contribution in [3.63, 3.8) is 0 Å². The van der Waals surface area contributed by atoms with E-state index in [-0.39, 0.29) is 28.4 Å². The molecule has 3 nitrogen and oxygen atoms in total. The smallest absolute Gasteiger partial charge is 0.175 e. The van der Waals surface area contributed by atoms with E-state index in [2.05, 4.69) is 214 Å². The summed E-state index contributed by atoms with van der Waals surface area (Å²) in [7, 11) is 0. The van der Waals surface area contributed by atoms with E-state index in [4.69, 9.17) is 4.98 Å². The summed E-state index contributed by atoms with van der Waals surface area (Å²) in [5.74, 6) is -0.218. The van der Waals surface area contributed by atoms with Gasteiger partial charge in [0.25, 0.3) is 0 Å². The summed E-state index contributed by atoms with van der Waals surface area (Å²) >= 11 is 0. The largest absolute Gasteiger partial charge is 0.306 e. The summed E-state index contributed by atoms with van der Waals surface area (Å²) in [6, 6.07) is 64.4.